The van der Waals surface area contributed by atoms with Crippen LogP contribution < -0.4 is 4.74 Å². The predicted molar refractivity (Wildman–Crippen MR) is 71.9 cm³/mol. The van der Waals surface area contributed by atoms with Gasteiger partial charge in [-0.1, -0.05) is 32.0 Å². The molecule has 18 heavy (non-hydrogen) atoms. The minimum Gasteiger partial charge on any atom is -0.426 e. The minimum atomic E-state index is -0.192. The van der Waals surface area contributed by atoms with Gasteiger partial charge < -0.3 is 9.47 Å². The first kappa shape index (κ1) is 14.7. The van der Waals surface area contributed by atoms with Crippen molar-refractivity contribution in [3.8, 4) is 5.75 Å². The number of ether oxygens (including phenoxy) is 2. The summed E-state index contributed by atoms with van der Waals surface area (Å²) in [5, 5.41) is 0. The van der Waals surface area contributed by atoms with E-state index < -0.39 is 0 Å². The third-order valence-corrected chi connectivity index (χ3v) is 2.64. The highest BCUT2D eigenvalue weighted by Gasteiger charge is 2.10. The van der Waals surface area contributed by atoms with Crippen molar-refractivity contribution in [3.05, 3.63) is 29.8 Å². The molecule has 0 aliphatic heterocycles. The van der Waals surface area contributed by atoms with Crippen LogP contribution in [0.2, 0.25) is 0 Å². The van der Waals surface area contributed by atoms with Gasteiger partial charge in [-0.25, -0.2) is 0 Å². The Labute approximate surface area is 109 Å². The number of carbonyl (C=O) groups is 1. The van der Waals surface area contributed by atoms with Crippen LogP contribution in [0.3, 0.4) is 0 Å². The molecule has 0 bridgehead atoms. The van der Waals surface area contributed by atoms with Crippen molar-refractivity contribution in [3.63, 3.8) is 0 Å². The van der Waals surface area contributed by atoms with E-state index in [1.54, 1.807) is 0 Å². The Morgan fingerprint density at radius 3 is 2.67 bits per heavy atom. The van der Waals surface area contributed by atoms with Crippen molar-refractivity contribution in [2.45, 2.75) is 39.5 Å². The molecule has 1 aromatic carbocycles. The quantitative estimate of drug-likeness (QED) is 0.422. The molecule has 0 aromatic heterocycles. The van der Waals surface area contributed by atoms with E-state index >= 15 is 0 Å². The largest absolute Gasteiger partial charge is 0.426 e. The number of carbonyl (C=O) groups excluding carboxylic acids is 1. The van der Waals surface area contributed by atoms with Crippen molar-refractivity contribution in [1.82, 2.24) is 0 Å². The summed E-state index contributed by atoms with van der Waals surface area (Å²) >= 11 is 0. The van der Waals surface area contributed by atoms with Crippen LogP contribution in [-0.2, 0) is 9.53 Å². The van der Waals surface area contributed by atoms with E-state index in [0.717, 1.165) is 5.56 Å². The first-order valence-electron chi connectivity index (χ1n) is 6.52. The lowest BCUT2D eigenvalue weighted by Crippen LogP contribution is -2.10. The van der Waals surface area contributed by atoms with Gasteiger partial charge in [-0.3, -0.25) is 4.79 Å². The summed E-state index contributed by atoms with van der Waals surface area (Å²) in [6.07, 6.45) is 1.10. The third-order valence-electron chi connectivity index (χ3n) is 2.64. The van der Waals surface area contributed by atoms with Crippen LogP contribution >= 0.6 is 0 Å². The minimum absolute atomic E-state index is 0.192. The lowest BCUT2D eigenvalue weighted by atomic mass is 10.0. The third kappa shape index (κ3) is 4.88. The van der Waals surface area contributed by atoms with Crippen molar-refractivity contribution >= 4 is 5.97 Å². The standard InChI is InChI=1S/C15H22O3/c1-4-17-11-7-10-15(16)18-14-9-6-5-8-13(14)12(2)3/h5-6,8-9,12H,4,7,10-11H2,1-3H3. The molecule has 0 amide bonds. The van der Waals surface area contributed by atoms with Crippen LogP contribution in [0.15, 0.2) is 24.3 Å². The van der Waals surface area contributed by atoms with Crippen molar-refractivity contribution in [2.24, 2.45) is 0 Å². The molecule has 1 aromatic rings. The fourth-order valence-electron chi connectivity index (χ4n) is 1.69. The van der Waals surface area contributed by atoms with E-state index in [-0.39, 0.29) is 5.97 Å². The molecule has 0 atom stereocenters. The number of benzene rings is 1. The van der Waals surface area contributed by atoms with Gasteiger partial charge >= 0.3 is 5.97 Å². The van der Waals surface area contributed by atoms with Gasteiger partial charge in [0.15, 0.2) is 0 Å². The molecular weight excluding hydrogens is 228 g/mol. The van der Waals surface area contributed by atoms with E-state index in [4.69, 9.17) is 9.47 Å². The first-order chi connectivity index (χ1) is 8.65. The zero-order valence-corrected chi connectivity index (χ0v) is 11.4. The van der Waals surface area contributed by atoms with Gasteiger partial charge in [-0.05, 0) is 30.9 Å². The van der Waals surface area contributed by atoms with Gasteiger partial charge in [-0.2, -0.15) is 0 Å². The maximum absolute atomic E-state index is 11.7. The highest BCUT2D eigenvalue weighted by atomic mass is 16.5. The van der Waals surface area contributed by atoms with E-state index in [0.29, 0.717) is 37.7 Å². The number of hydrogen-bond donors (Lipinski definition) is 0. The normalized spacial score (nSPS) is 10.7. The second-order valence-corrected chi connectivity index (χ2v) is 4.47. The van der Waals surface area contributed by atoms with Gasteiger partial charge in [0.05, 0.1) is 0 Å². The Kier molecular flexibility index (Phi) is 6.44. The van der Waals surface area contributed by atoms with Crippen molar-refractivity contribution in [2.75, 3.05) is 13.2 Å². The van der Waals surface area contributed by atoms with Crippen LogP contribution in [0.1, 0.15) is 45.1 Å². The summed E-state index contributed by atoms with van der Waals surface area (Å²) in [7, 11) is 0. The molecule has 3 nitrogen and oxygen atoms in total. The summed E-state index contributed by atoms with van der Waals surface area (Å²) in [6, 6.07) is 7.68. The number of esters is 1. The number of hydrogen-bond acceptors (Lipinski definition) is 3. The summed E-state index contributed by atoms with van der Waals surface area (Å²) < 4.78 is 10.6. The van der Waals surface area contributed by atoms with Gasteiger partial charge in [0.1, 0.15) is 5.75 Å². The summed E-state index contributed by atoms with van der Waals surface area (Å²) in [6.45, 7) is 7.41. The SMILES string of the molecule is CCOCCCC(=O)Oc1ccccc1C(C)C. The van der Waals surface area contributed by atoms with E-state index in [9.17, 15) is 4.79 Å². The lowest BCUT2D eigenvalue weighted by Gasteiger charge is -2.12. The van der Waals surface area contributed by atoms with E-state index in [2.05, 4.69) is 13.8 Å². The monoisotopic (exact) mass is 250 g/mol. The molecule has 0 saturated heterocycles. The zero-order chi connectivity index (χ0) is 13.4. The molecule has 0 N–H and O–H groups in total. The molecule has 0 unspecified atom stereocenters. The maximum atomic E-state index is 11.7. The molecule has 0 heterocycles. The summed E-state index contributed by atoms with van der Waals surface area (Å²) in [5.74, 6) is 0.828. The molecular formula is C15H22O3. The molecule has 1 rings (SSSR count). The van der Waals surface area contributed by atoms with Crippen LogP contribution in [0.5, 0.6) is 5.75 Å². The van der Waals surface area contributed by atoms with Gasteiger partial charge in [0, 0.05) is 19.6 Å². The fraction of sp³-hybridized carbons (Fsp3) is 0.533. The van der Waals surface area contributed by atoms with Gasteiger partial charge in [0.2, 0.25) is 0 Å². The fourth-order valence-corrected chi connectivity index (χ4v) is 1.69. The lowest BCUT2D eigenvalue weighted by molar-refractivity contribution is -0.134. The Bertz CT molecular complexity index is 372. The molecule has 0 saturated carbocycles. The molecule has 0 spiro atoms. The summed E-state index contributed by atoms with van der Waals surface area (Å²) in [4.78, 5) is 11.7. The molecule has 3 heteroatoms. The first-order valence-corrected chi connectivity index (χ1v) is 6.52. The smallest absolute Gasteiger partial charge is 0.311 e. The summed E-state index contributed by atoms with van der Waals surface area (Å²) in [5.41, 5.74) is 1.07. The van der Waals surface area contributed by atoms with Gasteiger partial charge in [0.25, 0.3) is 0 Å². The highest BCUT2D eigenvalue weighted by Crippen LogP contribution is 2.26. The van der Waals surface area contributed by atoms with Crippen LogP contribution in [-0.4, -0.2) is 19.2 Å². The van der Waals surface area contributed by atoms with Gasteiger partial charge in [-0.15, -0.1) is 0 Å². The second-order valence-electron chi connectivity index (χ2n) is 4.47. The van der Waals surface area contributed by atoms with Crippen molar-refractivity contribution < 1.29 is 14.3 Å². The second kappa shape index (κ2) is 7.88. The van der Waals surface area contributed by atoms with Crippen molar-refractivity contribution in [1.29, 1.82) is 0 Å². The Morgan fingerprint density at radius 2 is 2.00 bits per heavy atom. The van der Waals surface area contributed by atoms with Crippen LogP contribution in [0.25, 0.3) is 0 Å². The Balaban J connectivity index is 2.49. The average molecular weight is 250 g/mol. The molecule has 0 aliphatic carbocycles. The predicted octanol–water partition coefficient (Wildman–Crippen LogP) is 3.53. The van der Waals surface area contributed by atoms with Crippen LogP contribution in [0.4, 0.5) is 0 Å². The van der Waals surface area contributed by atoms with E-state index in [1.807, 2.05) is 31.2 Å². The van der Waals surface area contributed by atoms with E-state index in [1.165, 1.54) is 0 Å². The maximum Gasteiger partial charge on any atom is 0.311 e. The number of rotatable bonds is 7. The Morgan fingerprint density at radius 1 is 1.28 bits per heavy atom. The highest BCUT2D eigenvalue weighted by molar-refractivity contribution is 5.72. The topological polar surface area (TPSA) is 35.5 Å². The molecule has 0 fully saturated rings. The average Bonchev–Trinajstić information content (AvgIpc) is 2.35. The number of para-hydroxylation sites is 1. The molecule has 100 valence electrons. The molecule has 0 aliphatic rings. The van der Waals surface area contributed by atoms with Crippen LogP contribution in [0, 0.1) is 0 Å². The molecule has 0 radical (unpaired) electrons. The Hall–Kier alpha value is -1.35. The zero-order valence-electron chi connectivity index (χ0n) is 11.4.